The van der Waals surface area contributed by atoms with Gasteiger partial charge in [0.1, 0.15) is 5.75 Å². The summed E-state index contributed by atoms with van der Waals surface area (Å²) in [6, 6.07) is 17.0. The van der Waals surface area contributed by atoms with Crippen molar-refractivity contribution >= 4 is 5.71 Å². The minimum atomic E-state index is -0.0306. The Hall–Kier alpha value is -2.33. The standard InChI is InChI=1S/C20H22N2O2/c1-4-22-13(2)16-7-5-6-8-17(16)18-19(21-24-20(18)22)14-9-11-15(23-3)12-10-14/h5-13,18,20H,4H2,1-3H3/t13-,18+,20-/m0/s1. The number of hydrogen-bond donors (Lipinski definition) is 0. The molecule has 0 unspecified atom stereocenters. The molecule has 0 amide bonds. The Morgan fingerprint density at radius 2 is 1.79 bits per heavy atom. The molecule has 0 bridgehead atoms. The van der Waals surface area contributed by atoms with Crippen LogP contribution in [0.4, 0.5) is 0 Å². The third kappa shape index (κ3) is 2.21. The topological polar surface area (TPSA) is 34.1 Å². The zero-order chi connectivity index (χ0) is 16.7. The summed E-state index contributed by atoms with van der Waals surface area (Å²) in [4.78, 5) is 8.28. The van der Waals surface area contributed by atoms with Crippen LogP contribution in [0.1, 0.15) is 42.5 Å². The van der Waals surface area contributed by atoms with Crippen molar-refractivity contribution in [2.24, 2.45) is 5.16 Å². The normalized spacial score (nSPS) is 25.5. The molecule has 0 saturated carbocycles. The van der Waals surface area contributed by atoms with Crippen molar-refractivity contribution in [2.45, 2.75) is 32.0 Å². The molecule has 2 aromatic carbocycles. The van der Waals surface area contributed by atoms with Gasteiger partial charge < -0.3 is 9.57 Å². The summed E-state index contributed by atoms with van der Waals surface area (Å²) in [5.74, 6) is 0.994. The molecule has 0 N–H and O–H groups in total. The third-order valence-corrected chi connectivity index (χ3v) is 5.20. The van der Waals surface area contributed by atoms with Gasteiger partial charge in [-0.15, -0.1) is 0 Å². The first kappa shape index (κ1) is 15.2. The van der Waals surface area contributed by atoms with Crippen LogP contribution < -0.4 is 4.74 Å². The molecule has 2 aliphatic rings. The van der Waals surface area contributed by atoms with Gasteiger partial charge in [-0.2, -0.15) is 0 Å². The number of oxime groups is 1. The minimum absolute atomic E-state index is 0.0306. The number of likely N-dealkylation sites (N-methyl/N-ethyl adjacent to an activating group) is 1. The summed E-state index contributed by atoms with van der Waals surface area (Å²) < 4.78 is 5.26. The maximum Gasteiger partial charge on any atom is 0.194 e. The molecule has 0 fully saturated rings. The van der Waals surface area contributed by atoms with Crippen molar-refractivity contribution < 1.29 is 9.57 Å². The molecule has 0 spiro atoms. The molecule has 0 radical (unpaired) electrons. The maximum atomic E-state index is 5.89. The lowest BCUT2D eigenvalue weighted by molar-refractivity contribution is -0.0698. The summed E-state index contributed by atoms with van der Waals surface area (Å²) in [5, 5.41) is 4.47. The van der Waals surface area contributed by atoms with E-state index in [-0.39, 0.29) is 12.1 Å². The second kappa shape index (κ2) is 5.95. The van der Waals surface area contributed by atoms with E-state index in [1.807, 2.05) is 12.1 Å². The van der Waals surface area contributed by atoms with Crippen molar-refractivity contribution in [3.8, 4) is 5.75 Å². The molecule has 4 nitrogen and oxygen atoms in total. The van der Waals surface area contributed by atoms with Crippen LogP contribution in [-0.4, -0.2) is 30.5 Å². The number of ether oxygens (including phenoxy) is 1. The Morgan fingerprint density at radius 1 is 1.08 bits per heavy atom. The summed E-state index contributed by atoms with van der Waals surface area (Å²) in [6.45, 7) is 5.35. The van der Waals surface area contributed by atoms with Crippen LogP contribution in [0.2, 0.25) is 0 Å². The Balaban J connectivity index is 1.78. The van der Waals surface area contributed by atoms with E-state index in [1.54, 1.807) is 7.11 Å². The number of nitrogens with zero attached hydrogens (tertiary/aromatic N) is 2. The zero-order valence-electron chi connectivity index (χ0n) is 14.3. The molecule has 4 heteroatoms. The van der Waals surface area contributed by atoms with Gasteiger partial charge >= 0.3 is 0 Å². The average molecular weight is 322 g/mol. The highest BCUT2D eigenvalue weighted by molar-refractivity contribution is 6.06. The van der Waals surface area contributed by atoms with Crippen LogP contribution in [-0.2, 0) is 4.84 Å². The highest BCUT2D eigenvalue weighted by atomic mass is 16.7. The van der Waals surface area contributed by atoms with Crippen LogP contribution >= 0.6 is 0 Å². The number of rotatable bonds is 3. The lowest BCUT2D eigenvalue weighted by Gasteiger charge is -2.41. The molecule has 3 atom stereocenters. The van der Waals surface area contributed by atoms with Crippen molar-refractivity contribution in [2.75, 3.05) is 13.7 Å². The largest absolute Gasteiger partial charge is 0.497 e. The lowest BCUT2D eigenvalue weighted by Crippen LogP contribution is -2.46. The fraction of sp³-hybridized carbons (Fsp3) is 0.350. The van der Waals surface area contributed by atoms with Crippen molar-refractivity contribution in [3.63, 3.8) is 0 Å². The van der Waals surface area contributed by atoms with E-state index in [9.17, 15) is 0 Å². The van der Waals surface area contributed by atoms with Gasteiger partial charge in [0.25, 0.3) is 0 Å². The molecule has 2 aliphatic heterocycles. The first-order valence-corrected chi connectivity index (χ1v) is 8.47. The van der Waals surface area contributed by atoms with Crippen LogP contribution in [0.3, 0.4) is 0 Å². The third-order valence-electron chi connectivity index (χ3n) is 5.20. The Bertz CT molecular complexity index is 769. The quantitative estimate of drug-likeness (QED) is 0.858. The molecule has 0 saturated heterocycles. The van der Waals surface area contributed by atoms with Gasteiger partial charge in [-0.05, 0) is 48.9 Å². The molecule has 2 heterocycles. The van der Waals surface area contributed by atoms with Gasteiger partial charge in [-0.1, -0.05) is 36.3 Å². The van der Waals surface area contributed by atoms with Gasteiger partial charge in [0.2, 0.25) is 0 Å². The molecular formula is C20H22N2O2. The fourth-order valence-corrected chi connectivity index (χ4v) is 3.94. The van der Waals surface area contributed by atoms with E-state index in [4.69, 9.17) is 9.57 Å². The molecule has 24 heavy (non-hydrogen) atoms. The highest BCUT2D eigenvalue weighted by Crippen LogP contribution is 2.44. The second-order valence-electron chi connectivity index (χ2n) is 6.31. The average Bonchev–Trinajstić information content (AvgIpc) is 3.07. The second-order valence-corrected chi connectivity index (χ2v) is 6.31. The summed E-state index contributed by atoms with van der Waals surface area (Å²) in [6.07, 6.45) is -0.0306. The monoisotopic (exact) mass is 322 g/mol. The van der Waals surface area contributed by atoms with Crippen LogP contribution in [0.25, 0.3) is 0 Å². The van der Waals surface area contributed by atoms with E-state index < -0.39 is 0 Å². The Labute approximate surface area is 142 Å². The zero-order valence-corrected chi connectivity index (χ0v) is 14.3. The van der Waals surface area contributed by atoms with E-state index in [0.717, 1.165) is 23.6 Å². The van der Waals surface area contributed by atoms with Gasteiger partial charge in [-0.3, -0.25) is 4.90 Å². The Kier molecular flexibility index (Phi) is 3.77. The minimum Gasteiger partial charge on any atom is -0.497 e. The number of benzene rings is 2. The van der Waals surface area contributed by atoms with Crippen LogP contribution in [0, 0.1) is 0 Å². The predicted molar refractivity (Wildman–Crippen MR) is 94.4 cm³/mol. The van der Waals surface area contributed by atoms with E-state index in [1.165, 1.54) is 11.1 Å². The SMILES string of the molecule is CCN1[C@@H](C)c2ccccc2[C@@H]2C(c3ccc(OC)cc3)=NO[C@@H]21. The molecule has 4 rings (SSSR count). The fourth-order valence-electron chi connectivity index (χ4n) is 3.94. The van der Waals surface area contributed by atoms with Crippen LogP contribution in [0.5, 0.6) is 5.75 Å². The Morgan fingerprint density at radius 3 is 2.46 bits per heavy atom. The van der Waals surface area contributed by atoms with Crippen molar-refractivity contribution in [1.29, 1.82) is 0 Å². The smallest absolute Gasteiger partial charge is 0.194 e. The number of fused-ring (bicyclic) bond motifs is 3. The van der Waals surface area contributed by atoms with Gasteiger partial charge in [0.15, 0.2) is 6.23 Å². The lowest BCUT2D eigenvalue weighted by atomic mass is 9.80. The van der Waals surface area contributed by atoms with E-state index in [2.05, 4.69) is 60.3 Å². The van der Waals surface area contributed by atoms with Crippen molar-refractivity contribution in [1.82, 2.24) is 4.90 Å². The molecular weight excluding hydrogens is 300 g/mol. The highest BCUT2D eigenvalue weighted by Gasteiger charge is 2.46. The van der Waals surface area contributed by atoms with Crippen molar-refractivity contribution in [3.05, 3.63) is 65.2 Å². The molecule has 0 aromatic heterocycles. The summed E-state index contributed by atoms with van der Waals surface area (Å²) in [7, 11) is 1.68. The number of methoxy groups -OCH3 is 1. The van der Waals surface area contributed by atoms with Crippen LogP contribution in [0.15, 0.2) is 53.7 Å². The number of hydrogen-bond acceptors (Lipinski definition) is 4. The van der Waals surface area contributed by atoms with E-state index in [0.29, 0.717) is 6.04 Å². The molecule has 2 aromatic rings. The first-order valence-electron chi connectivity index (χ1n) is 8.47. The van der Waals surface area contributed by atoms with Gasteiger partial charge in [-0.25, -0.2) is 0 Å². The molecule has 124 valence electrons. The van der Waals surface area contributed by atoms with E-state index >= 15 is 0 Å². The molecule has 0 aliphatic carbocycles. The maximum absolute atomic E-state index is 5.89. The predicted octanol–water partition coefficient (Wildman–Crippen LogP) is 3.94. The summed E-state index contributed by atoms with van der Waals surface area (Å²) >= 11 is 0. The summed E-state index contributed by atoms with van der Waals surface area (Å²) in [5.41, 5.74) is 4.78. The van der Waals surface area contributed by atoms with Gasteiger partial charge in [0, 0.05) is 11.6 Å². The first-order chi connectivity index (χ1) is 11.7. The van der Waals surface area contributed by atoms with Gasteiger partial charge in [0.05, 0.1) is 18.7 Å².